The Balaban J connectivity index is 1.23. The van der Waals surface area contributed by atoms with Crippen molar-refractivity contribution < 1.29 is 82.0 Å². The highest BCUT2D eigenvalue weighted by molar-refractivity contribution is 5.94. The second kappa shape index (κ2) is 23.1. The van der Waals surface area contributed by atoms with Gasteiger partial charge in [0.25, 0.3) is 0 Å². The zero-order valence-electron chi connectivity index (χ0n) is 44.5. The van der Waals surface area contributed by atoms with Crippen LogP contribution in [0.25, 0.3) is 0 Å². The van der Waals surface area contributed by atoms with Crippen LogP contribution in [-0.2, 0) is 58.9 Å². The number of ketones is 1. The summed E-state index contributed by atoms with van der Waals surface area (Å²) in [5.74, 6) is -6.28. The summed E-state index contributed by atoms with van der Waals surface area (Å²) < 4.78 is 41.7. The third kappa shape index (κ3) is 11.8. The van der Waals surface area contributed by atoms with E-state index in [0.29, 0.717) is 31.3 Å². The van der Waals surface area contributed by atoms with Crippen molar-refractivity contribution in [1.82, 2.24) is 10.6 Å². The third-order valence-corrected chi connectivity index (χ3v) is 15.6. The van der Waals surface area contributed by atoms with Gasteiger partial charge in [0.05, 0.1) is 29.6 Å². The highest BCUT2D eigenvalue weighted by Crippen LogP contribution is 2.64. The highest BCUT2D eigenvalue weighted by atomic mass is 16.6. The molecule has 412 valence electrons. The van der Waals surface area contributed by atoms with E-state index >= 15 is 9.59 Å². The van der Waals surface area contributed by atoms with Gasteiger partial charge < -0.3 is 59.1 Å². The number of hydrogen-bond donors (Lipinski definition) is 5. The molecule has 0 spiro atoms. The maximum Gasteiger partial charge on any atom is 0.408 e. The number of fused-ring (bicyclic) bond motifs is 5. The van der Waals surface area contributed by atoms with Crippen LogP contribution in [-0.4, -0.2) is 130 Å². The Morgan fingerprint density at radius 1 is 0.908 bits per heavy atom. The minimum absolute atomic E-state index is 0.0556. The zero-order chi connectivity index (χ0) is 55.4. The number of carbonyl (C=O) groups is 7. The summed E-state index contributed by atoms with van der Waals surface area (Å²) in [6.07, 6.45) is -5.19. The van der Waals surface area contributed by atoms with Crippen molar-refractivity contribution >= 4 is 41.8 Å². The number of ether oxygens (including phenoxy) is 7. The molecule has 7 rings (SSSR count). The van der Waals surface area contributed by atoms with Crippen molar-refractivity contribution in [3.63, 3.8) is 0 Å². The zero-order valence-corrected chi connectivity index (χ0v) is 44.5. The lowest BCUT2D eigenvalue weighted by molar-refractivity contribution is -0.346. The molecule has 1 aliphatic heterocycles. The molecule has 5 aliphatic rings. The van der Waals surface area contributed by atoms with Gasteiger partial charge in [-0.1, -0.05) is 87.0 Å². The monoisotopic (exact) mass is 1060 g/mol. The molecule has 1 saturated heterocycles. The predicted octanol–water partition coefficient (Wildman–Crippen LogP) is 6.20. The van der Waals surface area contributed by atoms with E-state index in [9.17, 15) is 39.3 Å². The first-order valence-electron chi connectivity index (χ1n) is 25.9. The van der Waals surface area contributed by atoms with Gasteiger partial charge in [0.2, 0.25) is 6.10 Å². The van der Waals surface area contributed by atoms with Gasteiger partial charge in [-0.3, -0.25) is 14.4 Å². The van der Waals surface area contributed by atoms with Gasteiger partial charge in [0, 0.05) is 38.1 Å². The molecule has 1 heterocycles. The van der Waals surface area contributed by atoms with Gasteiger partial charge in [-0.15, -0.1) is 0 Å². The SMILES string of the molecule is CC(=O)O[C@@]12CO[C@@H]1C[C@H](O)[C@@]1(C)C(=O)[C@H](O)C3=C(C)[C@@H](OC(=O)[C@H](OC(=O)CCCCCNC(=O)OCc4ccccc4)[C@@H](NC(=O)OC(C)(C)C)C4=CC=CCC4)C[C@@](O)([C@@H](OC(=O)c4ccccc4)[C@H]21)C3(C)C. The van der Waals surface area contributed by atoms with E-state index in [1.54, 1.807) is 65.0 Å². The minimum Gasteiger partial charge on any atom is -0.455 e. The molecular formula is C57H72N2O17. The van der Waals surface area contributed by atoms with Crippen molar-refractivity contribution in [3.05, 3.63) is 107 Å². The number of hydrogen-bond acceptors (Lipinski definition) is 17. The normalized spacial score (nSPS) is 29.2. The first-order valence-corrected chi connectivity index (χ1v) is 25.9. The van der Waals surface area contributed by atoms with E-state index in [4.69, 9.17) is 33.2 Å². The first-order chi connectivity index (χ1) is 35.8. The number of alkyl carbamates (subject to hydrolysis) is 2. The molecule has 0 unspecified atom stereocenters. The second-order valence-electron chi connectivity index (χ2n) is 22.1. The Hall–Kier alpha value is -6.41. The number of aliphatic hydroxyl groups is 3. The molecule has 0 aromatic heterocycles. The number of esters is 4. The smallest absolute Gasteiger partial charge is 0.408 e. The number of rotatable bonds is 17. The van der Waals surface area contributed by atoms with E-state index in [1.165, 1.54) is 26.0 Å². The predicted molar refractivity (Wildman–Crippen MR) is 272 cm³/mol. The topological polar surface area (TPSA) is 269 Å². The molecule has 4 aliphatic carbocycles. The number of aliphatic hydroxyl groups excluding tert-OH is 2. The van der Waals surface area contributed by atoms with E-state index in [1.807, 2.05) is 36.4 Å². The van der Waals surface area contributed by atoms with Crippen molar-refractivity contribution in [2.24, 2.45) is 16.7 Å². The largest absolute Gasteiger partial charge is 0.455 e. The summed E-state index contributed by atoms with van der Waals surface area (Å²) in [4.78, 5) is 97.8. The van der Waals surface area contributed by atoms with Crippen LogP contribution in [0.5, 0.6) is 0 Å². The number of amides is 2. The van der Waals surface area contributed by atoms with Crippen LogP contribution in [0.1, 0.15) is 123 Å². The van der Waals surface area contributed by atoms with Gasteiger partial charge in [-0.2, -0.15) is 0 Å². The Bertz CT molecular complexity index is 2610. The molecule has 2 saturated carbocycles. The van der Waals surface area contributed by atoms with E-state index in [0.717, 1.165) is 12.5 Å². The summed E-state index contributed by atoms with van der Waals surface area (Å²) in [6.45, 7) is 12.1. The second-order valence-corrected chi connectivity index (χ2v) is 22.1. The lowest BCUT2D eigenvalue weighted by Crippen LogP contribution is -2.81. The van der Waals surface area contributed by atoms with Crippen LogP contribution in [0, 0.1) is 16.7 Å². The van der Waals surface area contributed by atoms with Gasteiger partial charge in [0.1, 0.15) is 48.3 Å². The Kier molecular flexibility index (Phi) is 17.4. The maximum absolute atomic E-state index is 15.3. The number of benzene rings is 2. The molecule has 3 fully saturated rings. The molecule has 2 amide bonds. The number of nitrogens with one attached hydrogen (secondary N) is 2. The van der Waals surface area contributed by atoms with E-state index in [-0.39, 0.29) is 55.7 Å². The van der Waals surface area contributed by atoms with E-state index < -0.39 is 124 Å². The number of unbranched alkanes of at least 4 members (excludes halogenated alkanes) is 2. The average molecular weight is 1060 g/mol. The van der Waals surface area contributed by atoms with Crippen LogP contribution >= 0.6 is 0 Å². The molecule has 19 nitrogen and oxygen atoms in total. The van der Waals surface area contributed by atoms with E-state index in [2.05, 4.69) is 10.6 Å². The Morgan fingerprint density at radius 3 is 2.21 bits per heavy atom. The maximum atomic E-state index is 15.3. The van der Waals surface area contributed by atoms with Gasteiger partial charge >= 0.3 is 36.1 Å². The number of allylic oxidation sites excluding steroid dienone is 3. The van der Waals surface area contributed by atoms with Crippen LogP contribution < -0.4 is 10.6 Å². The number of carbonyl (C=O) groups excluding carboxylic acids is 7. The van der Waals surface area contributed by atoms with Crippen molar-refractivity contribution in [2.45, 2.75) is 173 Å². The first kappa shape index (κ1) is 57.3. The summed E-state index contributed by atoms with van der Waals surface area (Å²) in [5.41, 5.74) is -7.57. The lowest BCUT2D eigenvalue weighted by atomic mass is 9.44. The summed E-state index contributed by atoms with van der Waals surface area (Å²) >= 11 is 0. The van der Waals surface area contributed by atoms with Gasteiger partial charge in [-0.05, 0) is 94.7 Å². The quantitative estimate of drug-likeness (QED) is 0.0511. The van der Waals surface area contributed by atoms with Crippen LogP contribution in [0.15, 0.2) is 95.6 Å². The Labute approximate surface area is 442 Å². The molecule has 5 N–H and O–H groups in total. The van der Waals surface area contributed by atoms with Gasteiger partial charge in [-0.25, -0.2) is 19.2 Å². The molecule has 76 heavy (non-hydrogen) atoms. The fourth-order valence-corrected chi connectivity index (χ4v) is 11.6. The molecule has 19 heteroatoms. The van der Waals surface area contributed by atoms with Crippen LogP contribution in [0.4, 0.5) is 9.59 Å². The van der Waals surface area contributed by atoms with Crippen molar-refractivity contribution in [2.75, 3.05) is 13.2 Å². The minimum atomic E-state index is -2.43. The van der Waals surface area contributed by atoms with Crippen molar-refractivity contribution in [1.29, 1.82) is 0 Å². The van der Waals surface area contributed by atoms with Crippen LogP contribution in [0.3, 0.4) is 0 Å². The average Bonchev–Trinajstić information content (AvgIpc) is 3.38. The Morgan fingerprint density at radius 2 is 1.59 bits per heavy atom. The van der Waals surface area contributed by atoms with Crippen molar-refractivity contribution in [3.8, 4) is 0 Å². The fourth-order valence-electron chi connectivity index (χ4n) is 11.6. The number of Topliss-reactive ketones (excluding diaryl/α,β-unsaturated/α-hetero) is 1. The molecular weight excluding hydrogens is 985 g/mol. The summed E-state index contributed by atoms with van der Waals surface area (Å²) in [5, 5.41) is 43.7. The lowest BCUT2D eigenvalue weighted by Gasteiger charge is -2.67. The standard InChI is InChI=1S/C57H72N2O17/c1-33-38(30-57(69)48(74-49(65)37-25-17-11-18-26-37)46-55(8,47(64)44(63)42(33)54(57,6)7)39(61)29-40-56(46,32-71-40)75-34(2)60)72-50(66)45(43(36-23-15-10-16-24-36)59-52(68)76-53(3,4)5)73-41(62)27-19-12-20-28-58-51(67)70-31-35-21-13-9-14-22-35/h9-11,13-15,17-18,21-23,25-26,38-40,43-46,48,61,63,69H,12,16,19-20,24,27-32H2,1-8H3,(H,58,67)(H,59,68)/t38-,39-,40+,43-,44+,45+,46-,48-,55+,56-,57+/m0/s1. The molecule has 0 radical (unpaired) electrons. The molecule has 2 bridgehead atoms. The highest BCUT2D eigenvalue weighted by Gasteiger charge is 2.78. The fraction of sp³-hybridized carbons (Fsp3) is 0.561. The summed E-state index contributed by atoms with van der Waals surface area (Å²) in [6, 6.07) is 15.7. The van der Waals surface area contributed by atoms with Crippen LogP contribution in [0.2, 0.25) is 0 Å². The molecule has 11 atom stereocenters. The molecule has 2 aromatic rings. The molecule has 2 aromatic carbocycles. The summed E-state index contributed by atoms with van der Waals surface area (Å²) in [7, 11) is 0. The third-order valence-electron chi connectivity index (χ3n) is 15.6. The van der Waals surface area contributed by atoms with Gasteiger partial charge in [0.15, 0.2) is 11.4 Å².